The molecule has 0 radical (unpaired) electrons. The molecule has 2 atom stereocenters. The van der Waals surface area contributed by atoms with Gasteiger partial charge in [-0.25, -0.2) is 0 Å². The van der Waals surface area contributed by atoms with Crippen LogP contribution in [0, 0.1) is 12.8 Å². The smallest absolute Gasteiger partial charge is 0.00902 e. The van der Waals surface area contributed by atoms with Gasteiger partial charge in [-0.2, -0.15) is 0 Å². The van der Waals surface area contributed by atoms with Gasteiger partial charge in [0.2, 0.25) is 0 Å². The number of benzene rings is 1. The SMILES string of the molecule is Cc1cccc2c1C=CC2C1C=CCC1. The number of hydrogen-bond donors (Lipinski definition) is 0. The molecule has 1 aromatic carbocycles. The van der Waals surface area contributed by atoms with E-state index in [0.717, 1.165) is 5.92 Å². The molecule has 1 aromatic rings. The van der Waals surface area contributed by atoms with Gasteiger partial charge in [-0.15, -0.1) is 0 Å². The van der Waals surface area contributed by atoms with Crippen molar-refractivity contribution >= 4 is 6.08 Å². The Hall–Kier alpha value is -1.30. The van der Waals surface area contributed by atoms with Crippen LogP contribution in [0.25, 0.3) is 6.08 Å². The molecule has 2 aliphatic carbocycles. The number of rotatable bonds is 1. The molecule has 0 N–H and O–H groups in total. The molecule has 0 fully saturated rings. The average molecular weight is 196 g/mol. The van der Waals surface area contributed by atoms with Gasteiger partial charge in [0.1, 0.15) is 0 Å². The molecular weight excluding hydrogens is 180 g/mol. The molecule has 0 aromatic heterocycles. The second-order valence-corrected chi connectivity index (χ2v) is 4.63. The van der Waals surface area contributed by atoms with Crippen molar-refractivity contribution in [3.8, 4) is 0 Å². The number of fused-ring (bicyclic) bond motifs is 1. The van der Waals surface area contributed by atoms with Crippen LogP contribution < -0.4 is 0 Å². The minimum Gasteiger partial charge on any atom is -0.0882 e. The summed E-state index contributed by atoms with van der Waals surface area (Å²) >= 11 is 0. The van der Waals surface area contributed by atoms with Crippen molar-refractivity contribution in [3.63, 3.8) is 0 Å². The van der Waals surface area contributed by atoms with E-state index in [-0.39, 0.29) is 0 Å². The molecule has 15 heavy (non-hydrogen) atoms. The molecule has 0 amide bonds. The third-order valence-electron chi connectivity index (χ3n) is 3.70. The van der Waals surface area contributed by atoms with Crippen LogP contribution in [0.4, 0.5) is 0 Å². The first-order chi connectivity index (χ1) is 7.36. The average Bonchev–Trinajstić information content (AvgIpc) is 2.85. The highest BCUT2D eigenvalue weighted by molar-refractivity contribution is 5.65. The van der Waals surface area contributed by atoms with Gasteiger partial charge in [0.25, 0.3) is 0 Å². The van der Waals surface area contributed by atoms with E-state index in [4.69, 9.17) is 0 Å². The minimum atomic E-state index is 0.638. The zero-order valence-corrected chi connectivity index (χ0v) is 9.11. The van der Waals surface area contributed by atoms with E-state index >= 15 is 0 Å². The molecule has 2 aliphatic rings. The zero-order valence-electron chi connectivity index (χ0n) is 9.11. The van der Waals surface area contributed by atoms with Crippen LogP contribution in [0.1, 0.15) is 35.4 Å². The molecule has 2 unspecified atom stereocenters. The van der Waals surface area contributed by atoms with Gasteiger partial charge in [0.05, 0.1) is 0 Å². The molecule has 0 heterocycles. The quantitative estimate of drug-likeness (QED) is 0.594. The summed E-state index contributed by atoms with van der Waals surface area (Å²) in [7, 11) is 0. The van der Waals surface area contributed by atoms with Crippen LogP contribution in [0.3, 0.4) is 0 Å². The molecule has 76 valence electrons. The predicted octanol–water partition coefficient (Wildman–Crippen LogP) is 4.07. The maximum atomic E-state index is 2.40. The highest BCUT2D eigenvalue weighted by Gasteiger charge is 2.26. The molecule has 0 bridgehead atoms. The van der Waals surface area contributed by atoms with E-state index in [1.54, 1.807) is 0 Å². The summed E-state index contributed by atoms with van der Waals surface area (Å²) in [6, 6.07) is 6.68. The highest BCUT2D eigenvalue weighted by Crippen LogP contribution is 2.41. The van der Waals surface area contributed by atoms with E-state index in [1.165, 1.54) is 29.5 Å². The summed E-state index contributed by atoms with van der Waals surface area (Å²) in [6.07, 6.45) is 12.0. The van der Waals surface area contributed by atoms with Crippen molar-refractivity contribution in [1.29, 1.82) is 0 Å². The van der Waals surface area contributed by atoms with Gasteiger partial charge in [-0.1, -0.05) is 42.5 Å². The van der Waals surface area contributed by atoms with Gasteiger partial charge in [0, 0.05) is 5.92 Å². The van der Waals surface area contributed by atoms with Crippen molar-refractivity contribution in [3.05, 3.63) is 53.1 Å². The summed E-state index contributed by atoms with van der Waals surface area (Å²) < 4.78 is 0. The van der Waals surface area contributed by atoms with Crippen LogP contribution >= 0.6 is 0 Å². The summed E-state index contributed by atoms with van der Waals surface area (Å²) in [5.74, 6) is 1.38. The third kappa shape index (κ3) is 1.36. The molecule has 0 spiro atoms. The Balaban J connectivity index is 2.01. The molecular formula is C15H16. The second-order valence-electron chi connectivity index (χ2n) is 4.63. The molecule has 0 nitrogen and oxygen atoms in total. The number of aryl methyl sites for hydroxylation is 1. The maximum absolute atomic E-state index is 2.40. The van der Waals surface area contributed by atoms with E-state index in [0.29, 0.717) is 5.92 Å². The summed E-state index contributed by atoms with van der Waals surface area (Å²) in [5.41, 5.74) is 4.41. The standard InChI is InChI=1S/C15H16/c1-11-5-4-8-15-13(11)9-10-14(15)12-6-2-3-7-12/h2,4-6,8-10,12,14H,3,7H2,1H3. The van der Waals surface area contributed by atoms with Gasteiger partial charge in [0.15, 0.2) is 0 Å². The summed E-state index contributed by atoms with van der Waals surface area (Å²) in [4.78, 5) is 0. The molecule has 0 aliphatic heterocycles. The molecule has 0 saturated carbocycles. The first kappa shape index (κ1) is 8.96. The van der Waals surface area contributed by atoms with E-state index < -0.39 is 0 Å². The van der Waals surface area contributed by atoms with Gasteiger partial charge >= 0.3 is 0 Å². The lowest BCUT2D eigenvalue weighted by atomic mass is 9.86. The Morgan fingerprint density at radius 1 is 1.20 bits per heavy atom. The molecule has 0 saturated heterocycles. The zero-order chi connectivity index (χ0) is 10.3. The largest absolute Gasteiger partial charge is 0.0882 e. The summed E-state index contributed by atoms with van der Waals surface area (Å²) in [6.45, 7) is 2.20. The van der Waals surface area contributed by atoms with Crippen molar-refractivity contribution in [2.45, 2.75) is 25.7 Å². The van der Waals surface area contributed by atoms with Crippen LogP contribution in [0.5, 0.6) is 0 Å². The fourth-order valence-electron chi connectivity index (χ4n) is 2.85. The lowest BCUT2D eigenvalue weighted by molar-refractivity contribution is 0.576. The van der Waals surface area contributed by atoms with E-state index in [9.17, 15) is 0 Å². The van der Waals surface area contributed by atoms with Crippen molar-refractivity contribution in [1.82, 2.24) is 0 Å². The van der Waals surface area contributed by atoms with Gasteiger partial charge in [-0.3, -0.25) is 0 Å². The number of hydrogen-bond acceptors (Lipinski definition) is 0. The normalized spacial score (nSPS) is 27.3. The van der Waals surface area contributed by atoms with Crippen molar-refractivity contribution in [2.24, 2.45) is 5.92 Å². The lowest BCUT2D eigenvalue weighted by Crippen LogP contribution is -2.04. The fourth-order valence-corrected chi connectivity index (χ4v) is 2.85. The van der Waals surface area contributed by atoms with Crippen molar-refractivity contribution < 1.29 is 0 Å². The van der Waals surface area contributed by atoms with E-state index in [2.05, 4.69) is 49.4 Å². The number of allylic oxidation sites excluding steroid dienone is 3. The van der Waals surface area contributed by atoms with Gasteiger partial charge in [-0.05, 0) is 42.4 Å². The Labute approximate surface area is 91.3 Å². The Morgan fingerprint density at radius 3 is 2.93 bits per heavy atom. The van der Waals surface area contributed by atoms with Gasteiger partial charge < -0.3 is 0 Å². The maximum Gasteiger partial charge on any atom is 0.00902 e. The second kappa shape index (κ2) is 3.37. The van der Waals surface area contributed by atoms with Crippen molar-refractivity contribution in [2.75, 3.05) is 0 Å². The van der Waals surface area contributed by atoms with Crippen LogP contribution in [-0.2, 0) is 0 Å². The highest BCUT2D eigenvalue weighted by atomic mass is 14.3. The third-order valence-corrected chi connectivity index (χ3v) is 3.70. The van der Waals surface area contributed by atoms with Crippen LogP contribution in [0.15, 0.2) is 36.4 Å². The van der Waals surface area contributed by atoms with E-state index in [1.807, 2.05) is 0 Å². The minimum absolute atomic E-state index is 0.638. The Morgan fingerprint density at radius 2 is 2.13 bits per heavy atom. The predicted molar refractivity (Wildman–Crippen MR) is 64.8 cm³/mol. The van der Waals surface area contributed by atoms with Crippen LogP contribution in [0.2, 0.25) is 0 Å². The Bertz CT molecular complexity index is 437. The first-order valence-corrected chi connectivity index (χ1v) is 5.80. The molecule has 3 rings (SSSR count). The molecule has 0 heteroatoms. The summed E-state index contributed by atoms with van der Waals surface area (Å²) in [5, 5.41) is 0. The Kier molecular flexibility index (Phi) is 2.02. The fraction of sp³-hybridized carbons (Fsp3) is 0.333. The first-order valence-electron chi connectivity index (χ1n) is 5.80. The monoisotopic (exact) mass is 196 g/mol. The lowest BCUT2D eigenvalue weighted by Gasteiger charge is -2.17. The topological polar surface area (TPSA) is 0 Å². The van der Waals surface area contributed by atoms with Crippen LogP contribution in [-0.4, -0.2) is 0 Å².